The number of hydrogen-bond acceptors (Lipinski definition) is 2. The van der Waals surface area contributed by atoms with Gasteiger partial charge in [-0.05, 0) is 25.9 Å². The molecule has 110 valence electrons. The molecule has 18 heavy (non-hydrogen) atoms. The largest absolute Gasteiger partial charge is 0.390 e. The van der Waals surface area contributed by atoms with E-state index in [9.17, 15) is 13.2 Å². The number of nitrogens with zero attached hydrogens (tertiary/aromatic N) is 1. The maximum atomic E-state index is 12.1. The van der Waals surface area contributed by atoms with Crippen molar-refractivity contribution in [2.75, 3.05) is 26.7 Å². The molecule has 0 aliphatic heterocycles. The molecule has 0 aromatic heterocycles. The fourth-order valence-corrected chi connectivity index (χ4v) is 1.80. The van der Waals surface area contributed by atoms with E-state index in [1.807, 2.05) is 0 Å². The molecule has 5 heteroatoms. The van der Waals surface area contributed by atoms with Crippen molar-refractivity contribution in [3.05, 3.63) is 0 Å². The molecule has 0 aromatic carbocycles. The van der Waals surface area contributed by atoms with E-state index in [0.717, 1.165) is 19.4 Å². The first-order chi connectivity index (χ1) is 8.30. The number of alkyl halides is 3. The summed E-state index contributed by atoms with van der Waals surface area (Å²) in [4.78, 5) is 1.77. The molecule has 0 aliphatic carbocycles. The van der Waals surface area contributed by atoms with Gasteiger partial charge in [-0.3, -0.25) is 0 Å². The van der Waals surface area contributed by atoms with E-state index < -0.39 is 12.6 Å². The Morgan fingerprint density at radius 1 is 1.22 bits per heavy atom. The summed E-state index contributed by atoms with van der Waals surface area (Å²) in [6.07, 6.45) is -2.71. The van der Waals surface area contributed by atoms with E-state index in [-0.39, 0.29) is 12.6 Å². The van der Waals surface area contributed by atoms with Crippen LogP contribution in [0.1, 0.15) is 40.0 Å². The smallest absolute Gasteiger partial charge is 0.312 e. The second-order valence-electron chi connectivity index (χ2n) is 5.07. The van der Waals surface area contributed by atoms with E-state index >= 15 is 0 Å². The van der Waals surface area contributed by atoms with E-state index in [1.54, 1.807) is 11.9 Å². The Kier molecular flexibility index (Phi) is 8.61. The number of likely N-dealkylation sites (N-methyl/N-ethyl adjacent to an activating group) is 1. The van der Waals surface area contributed by atoms with E-state index in [1.165, 1.54) is 0 Å². The van der Waals surface area contributed by atoms with Crippen LogP contribution in [0.15, 0.2) is 0 Å². The highest BCUT2D eigenvalue weighted by atomic mass is 19.4. The van der Waals surface area contributed by atoms with Gasteiger partial charge < -0.3 is 10.2 Å². The molecule has 0 heterocycles. The Morgan fingerprint density at radius 3 is 2.28 bits per heavy atom. The topological polar surface area (TPSA) is 15.3 Å². The van der Waals surface area contributed by atoms with Crippen molar-refractivity contribution in [3.63, 3.8) is 0 Å². The first-order valence-electron chi connectivity index (χ1n) is 6.78. The lowest BCUT2D eigenvalue weighted by atomic mass is 9.98. The average molecular weight is 268 g/mol. The second kappa shape index (κ2) is 8.75. The third kappa shape index (κ3) is 8.75. The maximum absolute atomic E-state index is 12.1. The summed E-state index contributed by atoms with van der Waals surface area (Å²) in [5.74, 6) is 0.477. The standard InChI is InChI=1S/C13H27F3N2/c1-5-8-17-12(11(3)6-2)10-18(4)9-7-13(14,15)16/h11-12,17H,5-10H2,1-4H3. The molecule has 0 saturated carbocycles. The first kappa shape index (κ1) is 17.7. The lowest BCUT2D eigenvalue weighted by molar-refractivity contribution is -0.137. The van der Waals surface area contributed by atoms with Crippen molar-refractivity contribution in [2.45, 2.75) is 52.3 Å². The van der Waals surface area contributed by atoms with E-state index in [4.69, 9.17) is 0 Å². The predicted octanol–water partition coefficient (Wildman–Crippen LogP) is 3.28. The van der Waals surface area contributed by atoms with Crippen LogP contribution in [0.5, 0.6) is 0 Å². The monoisotopic (exact) mass is 268 g/mol. The van der Waals surface area contributed by atoms with Gasteiger partial charge in [0.15, 0.2) is 0 Å². The Hall–Kier alpha value is -0.290. The minimum atomic E-state index is -4.06. The van der Waals surface area contributed by atoms with Gasteiger partial charge in [0.05, 0.1) is 6.42 Å². The van der Waals surface area contributed by atoms with Gasteiger partial charge in [-0.25, -0.2) is 0 Å². The molecule has 0 radical (unpaired) electrons. The minimum Gasteiger partial charge on any atom is -0.312 e. The normalized spacial score (nSPS) is 16.0. The summed E-state index contributed by atoms with van der Waals surface area (Å²) in [5, 5.41) is 3.43. The molecule has 0 rings (SSSR count). The molecule has 0 amide bonds. The highest BCUT2D eigenvalue weighted by Gasteiger charge is 2.27. The number of nitrogens with one attached hydrogen (secondary N) is 1. The van der Waals surface area contributed by atoms with Crippen LogP contribution >= 0.6 is 0 Å². The third-order valence-electron chi connectivity index (χ3n) is 3.27. The van der Waals surface area contributed by atoms with Crippen molar-refractivity contribution in [2.24, 2.45) is 5.92 Å². The summed E-state index contributed by atoms with van der Waals surface area (Å²) >= 11 is 0. The molecular weight excluding hydrogens is 241 g/mol. The van der Waals surface area contributed by atoms with Crippen LogP contribution in [0.3, 0.4) is 0 Å². The Balaban J connectivity index is 4.13. The highest BCUT2D eigenvalue weighted by molar-refractivity contribution is 4.76. The highest BCUT2D eigenvalue weighted by Crippen LogP contribution is 2.19. The van der Waals surface area contributed by atoms with E-state index in [0.29, 0.717) is 12.5 Å². The van der Waals surface area contributed by atoms with Crippen molar-refractivity contribution < 1.29 is 13.2 Å². The molecule has 0 bridgehead atoms. The molecule has 0 spiro atoms. The Bertz CT molecular complexity index is 207. The molecule has 2 atom stereocenters. The molecule has 2 nitrogen and oxygen atoms in total. The molecule has 0 aromatic rings. The van der Waals surface area contributed by atoms with Gasteiger partial charge in [0.1, 0.15) is 0 Å². The van der Waals surface area contributed by atoms with Crippen LogP contribution < -0.4 is 5.32 Å². The molecule has 0 saturated heterocycles. The molecule has 0 aliphatic rings. The summed E-state index contributed by atoms with van der Waals surface area (Å²) in [7, 11) is 1.76. The molecular formula is C13H27F3N2. The van der Waals surface area contributed by atoms with Gasteiger partial charge in [0, 0.05) is 19.1 Å². The van der Waals surface area contributed by atoms with Crippen molar-refractivity contribution >= 4 is 0 Å². The second-order valence-corrected chi connectivity index (χ2v) is 5.07. The van der Waals surface area contributed by atoms with Crippen LogP contribution in [0.2, 0.25) is 0 Å². The van der Waals surface area contributed by atoms with Crippen molar-refractivity contribution in [1.82, 2.24) is 10.2 Å². The lowest BCUT2D eigenvalue weighted by Gasteiger charge is -2.29. The van der Waals surface area contributed by atoms with Gasteiger partial charge in [0.25, 0.3) is 0 Å². The Morgan fingerprint density at radius 2 is 1.83 bits per heavy atom. The summed E-state index contributed by atoms with van der Waals surface area (Å²) < 4.78 is 36.4. The SMILES string of the molecule is CCCNC(CN(C)CCC(F)(F)F)C(C)CC. The summed E-state index contributed by atoms with van der Waals surface area (Å²) in [5.41, 5.74) is 0. The molecule has 1 N–H and O–H groups in total. The number of halogens is 3. The van der Waals surface area contributed by atoms with Crippen LogP contribution in [0.25, 0.3) is 0 Å². The quantitative estimate of drug-likeness (QED) is 0.690. The van der Waals surface area contributed by atoms with Gasteiger partial charge in [0.2, 0.25) is 0 Å². The van der Waals surface area contributed by atoms with Gasteiger partial charge >= 0.3 is 6.18 Å². The minimum absolute atomic E-state index is 0.0737. The first-order valence-corrected chi connectivity index (χ1v) is 6.78. The lowest BCUT2D eigenvalue weighted by Crippen LogP contribution is -2.44. The molecule has 0 fully saturated rings. The van der Waals surface area contributed by atoms with Gasteiger partial charge in [-0.15, -0.1) is 0 Å². The predicted molar refractivity (Wildman–Crippen MR) is 69.7 cm³/mol. The van der Waals surface area contributed by atoms with Crippen LogP contribution in [-0.2, 0) is 0 Å². The Labute approximate surface area is 109 Å². The van der Waals surface area contributed by atoms with Gasteiger partial charge in [-0.1, -0.05) is 27.2 Å². The zero-order chi connectivity index (χ0) is 14.2. The summed E-state index contributed by atoms with van der Waals surface area (Å²) in [6.45, 7) is 8.01. The number of rotatable bonds is 9. The average Bonchev–Trinajstić information content (AvgIpc) is 2.30. The maximum Gasteiger partial charge on any atom is 0.390 e. The van der Waals surface area contributed by atoms with Crippen LogP contribution in [0.4, 0.5) is 13.2 Å². The van der Waals surface area contributed by atoms with Crippen LogP contribution in [-0.4, -0.2) is 43.8 Å². The zero-order valence-electron chi connectivity index (χ0n) is 12.0. The molecule has 2 unspecified atom stereocenters. The fraction of sp³-hybridized carbons (Fsp3) is 1.00. The van der Waals surface area contributed by atoms with Crippen LogP contribution in [0, 0.1) is 5.92 Å². The fourth-order valence-electron chi connectivity index (χ4n) is 1.80. The summed E-state index contributed by atoms with van der Waals surface area (Å²) in [6, 6.07) is 0.271. The van der Waals surface area contributed by atoms with Crippen molar-refractivity contribution in [3.8, 4) is 0 Å². The number of hydrogen-bond donors (Lipinski definition) is 1. The zero-order valence-corrected chi connectivity index (χ0v) is 12.0. The third-order valence-corrected chi connectivity index (χ3v) is 3.27. The van der Waals surface area contributed by atoms with Crippen molar-refractivity contribution in [1.29, 1.82) is 0 Å². The van der Waals surface area contributed by atoms with E-state index in [2.05, 4.69) is 26.1 Å². The van der Waals surface area contributed by atoms with Gasteiger partial charge in [-0.2, -0.15) is 13.2 Å².